The number of allylic oxidation sites excluding steroid dienone is 5. The highest BCUT2D eigenvalue weighted by molar-refractivity contribution is 5.74. The van der Waals surface area contributed by atoms with Crippen LogP contribution < -0.4 is 4.57 Å². The van der Waals surface area contributed by atoms with Gasteiger partial charge in [0, 0.05) is 30.5 Å². The van der Waals surface area contributed by atoms with Crippen molar-refractivity contribution in [1.29, 1.82) is 0 Å². The van der Waals surface area contributed by atoms with E-state index in [0.29, 0.717) is 23.8 Å². The molecule has 0 bridgehead atoms. The van der Waals surface area contributed by atoms with Gasteiger partial charge in [0.2, 0.25) is 17.5 Å². The third-order valence-corrected chi connectivity index (χ3v) is 7.64. The molecule has 0 N–H and O–H groups in total. The highest BCUT2D eigenvalue weighted by Crippen LogP contribution is 2.66. The molecule has 2 aliphatic carbocycles. The van der Waals surface area contributed by atoms with Crippen molar-refractivity contribution in [2.75, 3.05) is 6.67 Å². The molecule has 6 rings (SSSR count). The maximum Gasteiger partial charge on any atom is 0.247 e. The van der Waals surface area contributed by atoms with Crippen LogP contribution in [-0.4, -0.2) is 16.9 Å². The number of rotatable bonds is 5. The Morgan fingerprint density at radius 1 is 1.28 bits per heavy atom. The normalized spacial score (nSPS) is 27.2. The Bertz CT molecular complexity index is 1310. The van der Waals surface area contributed by atoms with Gasteiger partial charge in [-0.05, 0) is 35.8 Å². The van der Waals surface area contributed by atoms with Crippen LogP contribution in [0.2, 0.25) is 0 Å². The van der Waals surface area contributed by atoms with Gasteiger partial charge in [0.1, 0.15) is 6.67 Å². The number of hydrogen-bond acceptors (Lipinski definition) is 3. The minimum atomic E-state index is -0.446. The van der Waals surface area contributed by atoms with E-state index >= 15 is 0 Å². The SMILES string of the molecule is C=CC12CC1(CC)[n+]1ccccc1-c1cc(-c3nnc(C4C=CC(CF)=CC4)o3)ccc12. The van der Waals surface area contributed by atoms with E-state index in [4.69, 9.17) is 4.42 Å². The number of pyridine rings is 1. The van der Waals surface area contributed by atoms with E-state index in [1.165, 1.54) is 16.8 Å². The molecule has 32 heavy (non-hydrogen) atoms. The molecule has 5 heteroatoms. The lowest BCUT2D eigenvalue weighted by Gasteiger charge is -2.27. The largest absolute Gasteiger partial charge is 0.420 e. The summed E-state index contributed by atoms with van der Waals surface area (Å²) in [4.78, 5) is 0. The molecule has 1 aromatic carbocycles. The van der Waals surface area contributed by atoms with Crippen LogP contribution in [0.5, 0.6) is 0 Å². The number of benzene rings is 1. The van der Waals surface area contributed by atoms with Crippen molar-refractivity contribution in [1.82, 2.24) is 10.2 Å². The summed E-state index contributed by atoms with van der Waals surface area (Å²) in [5.41, 5.74) is 5.35. The summed E-state index contributed by atoms with van der Waals surface area (Å²) in [7, 11) is 0. The van der Waals surface area contributed by atoms with Crippen LogP contribution >= 0.6 is 0 Å². The lowest BCUT2D eigenvalue weighted by molar-refractivity contribution is -0.734. The van der Waals surface area contributed by atoms with Gasteiger partial charge in [-0.2, -0.15) is 4.57 Å². The second kappa shape index (κ2) is 6.83. The molecule has 0 amide bonds. The van der Waals surface area contributed by atoms with Crippen molar-refractivity contribution >= 4 is 0 Å². The van der Waals surface area contributed by atoms with Gasteiger partial charge in [0.15, 0.2) is 11.7 Å². The predicted octanol–water partition coefficient (Wildman–Crippen LogP) is 5.58. The van der Waals surface area contributed by atoms with Crippen LogP contribution in [0.3, 0.4) is 0 Å². The monoisotopic (exact) mass is 426 g/mol. The third kappa shape index (κ3) is 2.45. The fraction of sp³-hybridized carbons (Fsp3) is 0.296. The first-order chi connectivity index (χ1) is 15.7. The second-order valence-corrected chi connectivity index (χ2v) is 9.01. The molecule has 0 saturated heterocycles. The summed E-state index contributed by atoms with van der Waals surface area (Å²) in [5.74, 6) is 1.06. The number of hydrogen-bond donors (Lipinski definition) is 0. The maximum absolute atomic E-state index is 12.8. The molecule has 3 atom stereocenters. The van der Waals surface area contributed by atoms with Gasteiger partial charge < -0.3 is 4.42 Å². The Balaban J connectivity index is 1.41. The summed E-state index contributed by atoms with van der Waals surface area (Å²) in [5, 5.41) is 8.62. The number of aromatic nitrogens is 3. The molecule has 2 aromatic heterocycles. The van der Waals surface area contributed by atoms with Crippen LogP contribution in [0.4, 0.5) is 4.39 Å². The van der Waals surface area contributed by atoms with Gasteiger partial charge in [-0.15, -0.1) is 16.8 Å². The van der Waals surface area contributed by atoms with Crippen molar-refractivity contribution in [2.45, 2.75) is 43.1 Å². The van der Waals surface area contributed by atoms with Gasteiger partial charge in [0.25, 0.3) is 0 Å². The smallest absolute Gasteiger partial charge is 0.247 e. The predicted molar refractivity (Wildman–Crippen MR) is 121 cm³/mol. The molecule has 3 heterocycles. The van der Waals surface area contributed by atoms with Crippen LogP contribution in [0.15, 0.2) is 83.5 Å². The van der Waals surface area contributed by atoms with Gasteiger partial charge >= 0.3 is 0 Å². The minimum absolute atomic E-state index is 0.0128. The number of fused-ring (bicyclic) bond motifs is 6. The Kier molecular flexibility index (Phi) is 4.13. The van der Waals surface area contributed by atoms with Gasteiger partial charge in [-0.3, -0.25) is 0 Å². The van der Waals surface area contributed by atoms with Gasteiger partial charge in [-0.1, -0.05) is 37.3 Å². The molecule has 1 saturated carbocycles. The lowest BCUT2D eigenvalue weighted by Crippen LogP contribution is -2.54. The summed E-state index contributed by atoms with van der Waals surface area (Å²) >= 11 is 0. The average molecular weight is 427 g/mol. The highest BCUT2D eigenvalue weighted by Gasteiger charge is 2.76. The van der Waals surface area contributed by atoms with E-state index in [2.05, 4.69) is 76.9 Å². The zero-order valence-corrected chi connectivity index (χ0v) is 18.1. The molecule has 3 aliphatic rings. The first kappa shape index (κ1) is 19.4. The van der Waals surface area contributed by atoms with Gasteiger partial charge in [0.05, 0.1) is 16.9 Å². The van der Waals surface area contributed by atoms with E-state index in [9.17, 15) is 4.39 Å². The molecule has 3 unspecified atom stereocenters. The molecular weight excluding hydrogens is 401 g/mol. The van der Waals surface area contributed by atoms with E-state index in [1.54, 1.807) is 6.08 Å². The molecule has 4 nitrogen and oxygen atoms in total. The second-order valence-electron chi connectivity index (χ2n) is 9.01. The molecule has 3 aromatic rings. The first-order valence-corrected chi connectivity index (χ1v) is 11.2. The summed E-state index contributed by atoms with van der Waals surface area (Å²) in [6.45, 7) is 6.04. The Labute approximate surface area is 186 Å². The van der Waals surface area contributed by atoms with E-state index < -0.39 is 6.67 Å². The zero-order chi connectivity index (χ0) is 21.9. The molecule has 160 valence electrons. The average Bonchev–Trinajstić information content (AvgIpc) is 3.33. The Hall–Kier alpha value is -3.34. The van der Waals surface area contributed by atoms with Crippen LogP contribution in [0, 0.1) is 0 Å². The zero-order valence-electron chi connectivity index (χ0n) is 18.1. The maximum atomic E-state index is 12.8. The topological polar surface area (TPSA) is 42.8 Å². The summed E-state index contributed by atoms with van der Waals surface area (Å²) in [6, 6.07) is 12.8. The quantitative estimate of drug-likeness (QED) is 0.395. The molecule has 1 fully saturated rings. The van der Waals surface area contributed by atoms with Crippen molar-refractivity contribution < 1.29 is 13.4 Å². The molecule has 1 aliphatic heterocycles. The van der Waals surface area contributed by atoms with Crippen molar-refractivity contribution in [2.24, 2.45) is 0 Å². The van der Waals surface area contributed by atoms with Crippen LogP contribution in [0.25, 0.3) is 22.7 Å². The summed E-state index contributed by atoms with van der Waals surface area (Å²) in [6.07, 6.45) is 12.8. The van der Waals surface area contributed by atoms with E-state index in [1.807, 2.05) is 12.2 Å². The fourth-order valence-electron chi connectivity index (χ4n) is 5.81. The number of alkyl halides is 1. The molecule has 0 radical (unpaired) electrons. The third-order valence-electron chi connectivity index (χ3n) is 7.64. The fourth-order valence-corrected chi connectivity index (χ4v) is 5.81. The molecule has 0 spiro atoms. The Morgan fingerprint density at radius 2 is 2.19 bits per heavy atom. The van der Waals surface area contributed by atoms with E-state index in [0.717, 1.165) is 18.4 Å². The molecular formula is C27H25FN3O+. The van der Waals surface area contributed by atoms with Crippen molar-refractivity contribution in [3.8, 4) is 22.7 Å². The first-order valence-electron chi connectivity index (χ1n) is 11.2. The Morgan fingerprint density at radius 3 is 2.94 bits per heavy atom. The number of halogens is 1. The number of nitrogens with zero attached hydrogens (tertiary/aromatic N) is 3. The van der Waals surface area contributed by atoms with Crippen LogP contribution in [-0.2, 0) is 11.0 Å². The van der Waals surface area contributed by atoms with Crippen molar-refractivity contribution in [3.63, 3.8) is 0 Å². The standard InChI is InChI=1S/C27H25FN3O/c1-3-26-17-27(26,4-2)31-14-6-5-7-23(31)21-15-20(12-13-22(21)26)25-30-29-24(32-25)19-10-8-18(16-28)9-11-19/h3,5-10,12-15,19H,1,4,11,16-17H2,2H3/q+1. The summed E-state index contributed by atoms with van der Waals surface area (Å²) < 4.78 is 21.3. The highest BCUT2D eigenvalue weighted by atomic mass is 19.1. The van der Waals surface area contributed by atoms with E-state index in [-0.39, 0.29) is 16.9 Å². The van der Waals surface area contributed by atoms with Gasteiger partial charge in [-0.25, -0.2) is 4.39 Å². The lowest BCUT2D eigenvalue weighted by atomic mass is 9.81. The minimum Gasteiger partial charge on any atom is -0.420 e. The van der Waals surface area contributed by atoms with Crippen molar-refractivity contribution in [3.05, 3.63) is 90.5 Å². The van der Waals surface area contributed by atoms with Crippen LogP contribution in [0.1, 0.15) is 43.6 Å².